The topological polar surface area (TPSA) is 46.2 Å². The fraction of sp³-hybridized carbons (Fsp3) is 0.556. The zero-order chi connectivity index (χ0) is 11.3. The number of rotatable bonds is 0. The second-order valence-electron chi connectivity index (χ2n) is 3.75. The molecular weight excluding hydrogens is 260 g/mol. The lowest BCUT2D eigenvalue weighted by molar-refractivity contribution is -0.128. The summed E-state index contributed by atoms with van der Waals surface area (Å²) in [7, 11) is 0. The predicted molar refractivity (Wildman–Crippen MR) is 57.7 cm³/mol. The molecule has 0 bridgehead atoms. The van der Waals surface area contributed by atoms with Crippen LogP contribution in [0.4, 0.5) is 0 Å². The van der Waals surface area contributed by atoms with Gasteiger partial charge in [-0.25, -0.2) is 0 Å². The molecule has 15 heavy (non-hydrogen) atoms. The SMILES string of the molecule is O=C1NC(=O)C2(C(Cl)(Cl)Cl)CC=CCC12. The first-order valence-corrected chi connectivity index (χ1v) is 5.60. The molecule has 2 aliphatic rings. The Balaban J connectivity index is 2.53. The Kier molecular flexibility index (Phi) is 2.53. The quantitative estimate of drug-likeness (QED) is 0.415. The van der Waals surface area contributed by atoms with Crippen LogP contribution in [0.3, 0.4) is 0 Å². The van der Waals surface area contributed by atoms with Crippen LogP contribution in [0, 0.1) is 11.3 Å². The molecule has 1 N–H and O–H groups in total. The van der Waals surface area contributed by atoms with Gasteiger partial charge in [0, 0.05) is 0 Å². The largest absolute Gasteiger partial charge is 0.296 e. The van der Waals surface area contributed by atoms with E-state index < -0.39 is 21.0 Å². The molecule has 1 aliphatic heterocycles. The number of nitrogens with one attached hydrogen (secondary N) is 1. The summed E-state index contributed by atoms with van der Waals surface area (Å²) >= 11 is 17.5. The van der Waals surface area contributed by atoms with E-state index in [0.717, 1.165) is 0 Å². The third-order valence-corrected chi connectivity index (χ3v) is 4.05. The fourth-order valence-corrected chi connectivity index (χ4v) is 3.06. The summed E-state index contributed by atoms with van der Waals surface area (Å²) in [5.74, 6) is -1.40. The van der Waals surface area contributed by atoms with Crippen molar-refractivity contribution < 1.29 is 9.59 Å². The molecule has 0 saturated carbocycles. The van der Waals surface area contributed by atoms with Crippen molar-refractivity contribution >= 4 is 46.6 Å². The summed E-state index contributed by atoms with van der Waals surface area (Å²) in [6.45, 7) is 0. The van der Waals surface area contributed by atoms with Crippen LogP contribution in [-0.4, -0.2) is 15.6 Å². The summed E-state index contributed by atoms with van der Waals surface area (Å²) in [4.78, 5) is 23.3. The first kappa shape index (κ1) is 11.2. The first-order chi connectivity index (χ1) is 6.89. The van der Waals surface area contributed by atoms with Crippen LogP contribution in [0.25, 0.3) is 0 Å². The summed E-state index contributed by atoms with van der Waals surface area (Å²) in [5.41, 5.74) is -1.23. The van der Waals surface area contributed by atoms with Crippen LogP contribution >= 0.6 is 34.8 Å². The molecule has 2 unspecified atom stereocenters. The van der Waals surface area contributed by atoms with Gasteiger partial charge in [-0.1, -0.05) is 47.0 Å². The summed E-state index contributed by atoms with van der Waals surface area (Å²) < 4.78 is -1.77. The van der Waals surface area contributed by atoms with Crippen molar-refractivity contribution in [1.29, 1.82) is 0 Å². The molecule has 3 nitrogen and oxygen atoms in total. The average Bonchev–Trinajstić information content (AvgIpc) is 2.40. The molecular formula is C9H8Cl3NO2. The lowest BCUT2D eigenvalue weighted by Crippen LogP contribution is -2.47. The van der Waals surface area contributed by atoms with Crippen LogP contribution < -0.4 is 5.32 Å². The molecule has 2 rings (SSSR count). The smallest absolute Gasteiger partial charge is 0.238 e. The molecule has 0 spiro atoms. The van der Waals surface area contributed by atoms with E-state index in [1.54, 1.807) is 6.08 Å². The fourth-order valence-electron chi connectivity index (χ4n) is 2.18. The van der Waals surface area contributed by atoms with E-state index in [-0.39, 0.29) is 12.3 Å². The normalized spacial score (nSPS) is 35.3. The Bertz CT molecular complexity index is 361. The van der Waals surface area contributed by atoms with Crippen LogP contribution in [0.2, 0.25) is 0 Å². The van der Waals surface area contributed by atoms with Crippen LogP contribution in [-0.2, 0) is 9.59 Å². The maximum Gasteiger partial charge on any atom is 0.238 e. The van der Waals surface area contributed by atoms with Gasteiger partial charge in [0.25, 0.3) is 0 Å². The minimum Gasteiger partial charge on any atom is -0.296 e. The van der Waals surface area contributed by atoms with Crippen LogP contribution in [0.1, 0.15) is 12.8 Å². The Labute approximate surface area is 102 Å². The number of hydrogen-bond donors (Lipinski definition) is 1. The van der Waals surface area contributed by atoms with Crippen molar-refractivity contribution in [3.05, 3.63) is 12.2 Å². The van der Waals surface area contributed by atoms with Gasteiger partial charge in [-0.3, -0.25) is 14.9 Å². The molecule has 1 fully saturated rings. The minimum absolute atomic E-state index is 0.283. The molecule has 6 heteroatoms. The second-order valence-corrected chi connectivity index (χ2v) is 6.03. The van der Waals surface area contributed by atoms with Gasteiger partial charge in [0.15, 0.2) is 0 Å². The molecule has 1 aliphatic carbocycles. The second kappa shape index (κ2) is 3.37. The van der Waals surface area contributed by atoms with Crippen molar-refractivity contribution in [2.45, 2.75) is 16.6 Å². The highest BCUT2D eigenvalue weighted by Crippen LogP contribution is 2.56. The zero-order valence-corrected chi connectivity index (χ0v) is 9.86. The van der Waals surface area contributed by atoms with E-state index in [9.17, 15) is 9.59 Å². The highest BCUT2D eigenvalue weighted by Gasteiger charge is 2.65. The van der Waals surface area contributed by atoms with Gasteiger partial charge in [-0.15, -0.1) is 0 Å². The van der Waals surface area contributed by atoms with Crippen molar-refractivity contribution in [3.63, 3.8) is 0 Å². The Hall–Kier alpha value is -0.250. The van der Waals surface area contributed by atoms with E-state index in [2.05, 4.69) is 5.32 Å². The highest BCUT2D eigenvalue weighted by molar-refractivity contribution is 6.69. The number of carbonyl (C=O) groups is 2. The van der Waals surface area contributed by atoms with E-state index in [1.807, 2.05) is 6.08 Å². The van der Waals surface area contributed by atoms with Gasteiger partial charge in [-0.2, -0.15) is 0 Å². The summed E-state index contributed by atoms with van der Waals surface area (Å²) in [5, 5.41) is 2.23. The van der Waals surface area contributed by atoms with Gasteiger partial charge in [-0.05, 0) is 12.8 Å². The van der Waals surface area contributed by atoms with E-state index >= 15 is 0 Å². The first-order valence-electron chi connectivity index (χ1n) is 4.46. The number of alkyl halides is 3. The lowest BCUT2D eigenvalue weighted by atomic mass is 9.71. The number of allylic oxidation sites excluding steroid dienone is 2. The number of halogens is 3. The molecule has 2 atom stereocenters. The molecule has 0 aromatic rings. The number of hydrogen-bond acceptors (Lipinski definition) is 2. The van der Waals surface area contributed by atoms with Gasteiger partial charge in [0.2, 0.25) is 15.6 Å². The number of imide groups is 1. The van der Waals surface area contributed by atoms with Gasteiger partial charge in [0.05, 0.1) is 5.92 Å². The molecule has 82 valence electrons. The maximum atomic E-state index is 11.8. The number of carbonyl (C=O) groups excluding carboxylic acids is 2. The van der Waals surface area contributed by atoms with Gasteiger partial charge >= 0.3 is 0 Å². The van der Waals surface area contributed by atoms with Crippen LogP contribution in [0.5, 0.6) is 0 Å². The summed E-state index contributed by atoms with van der Waals surface area (Å²) in [6.07, 6.45) is 4.32. The Morgan fingerprint density at radius 1 is 1.33 bits per heavy atom. The van der Waals surface area contributed by atoms with Gasteiger partial charge in [0.1, 0.15) is 5.41 Å². The molecule has 0 aromatic heterocycles. The van der Waals surface area contributed by atoms with Crippen molar-refractivity contribution in [2.75, 3.05) is 0 Å². The lowest BCUT2D eigenvalue weighted by Gasteiger charge is -2.38. The third-order valence-electron chi connectivity index (χ3n) is 3.04. The van der Waals surface area contributed by atoms with Crippen molar-refractivity contribution in [2.24, 2.45) is 11.3 Å². The standard InChI is InChI=1S/C9H8Cl3NO2/c10-9(11,12)8-4-2-1-3-5(8)6(14)13-7(8)15/h1-2,5H,3-4H2,(H,13,14,15). The number of fused-ring (bicyclic) bond motifs is 1. The average molecular weight is 269 g/mol. The van der Waals surface area contributed by atoms with Gasteiger partial charge < -0.3 is 0 Å². The Morgan fingerprint density at radius 3 is 2.53 bits per heavy atom. The van der Waals surface area contributed by atoms with Crippen LogP contribution in [0.15, 0.2) is 12.2 Å². The summed E-state index contributed by atoms with van der Waals surface area (Å²) in [6, 6.07) is 0. The monoisotopic (exact) mass is 267 g/mol. The minimum atomic E-state index is -1.77. The predicted octanol–water partition coefficient (Wildman–Crippen LogP) is 1.97. The Morgan fingerprint density at radius 2 is 2.00 bits per heavy atom. The van der Waals surface area contributed by atoms with E-state index in [1.165, 1.54) is 0 Å². The molecule has 2 amide bonds. The third kappa shape index (κ3) is 1.41. The molecule has 0 aromatic carbocycles. The maximum absolute atomic E-state index is 11.8. The van der Waals surface area contributed by atoms with E-state index in [4.69, 9.17) is 34.8 Å². The molecule has 1 heterocycles. The van der Waals surface area contributed by atoms with Crippen molar-refractivity contribution in [3.8, 4) is 0 Å². The van der Waals surface area contributed by atoms with Crippen molar-refractivity contribution in [1.82, 2.24) is 5.32 Å². The van der Waals surface area contributed by atoms with E-state index in [0.29, 0.717) is 6.42 Å². The molecule has 0 radical (unpaired) electrons. The number of amides is 2. The zero-order valence-electron chi connectivity index (χ0n) is 7.60. The molecule has 1 saturated heterocycles. The highest BCUT2D eigenvalue weighted by atomic mass is 35.6.